The molecule has 0 bridgehead atoms. The van der Waals surface area contributed by atoms with Gasteiger partial charge in [-0.15, -0.1) is 0 Å². The number of hydrogen-bond acceptors (Lipinski definition) is 4. The van der Waals surface area contributed by atoms with Gasteiger partial charge in [-0.05, 0) is 55.0 Å². The van der Waals surface area contributed by atoms with Gasteiger partial charge < -0.3 is 20.5 Å². The highest BCUT2D eigenvalue weighted by Gasteiger charge is 2.43. The highest BCUT2D eigenvalue weighted by molar-refractivity contribution is 5.87. The number of hydrogen-bond donors (Lipinski definition) is 2. The van der Waals surface area contributed by atoms with Crippen LogP contribution < -0.4 is 10.5 Å². The van der Waals surface area contributed by atoms with E-state index >= 15 is 0 Å². The molecule has 0 unspecified atom stereocenters. The lowest BCUT2D eigenvalue weighted by Crippen LogP contribution is -2.59. The van der Waals surface area contributed by atoms with Gasteiger partial charge >= 0.3 is 0 Å². The zero-order chi connectivity index (χ0) is 18.3. The number of aromatic hydroxyl groups is 1. The number of rotatable bonds is 2. The van der Waals surface area contributed by atoms with Crippen molar-refractivity contribution in [3.05, 3.63) is 47.5 Å². The lowest BCUT2D eigenvalue weighted by atomic mass is 9.76. The van der Waals surface area contributed by atoms with Crippen LogP contribution in [0.4, 0.5) is 0 Å². The van der Waals surface area contributed by atoms with E-state index in [-0.39, 0.29) is 11.7 Å². The molecule has 3 N–H and O–H groups in total. The summed E-state index contributed by atoms with van der Waals surface area (Å²) in [7, 11) is 0. The van der Waals surface area contributed by atoms with Crippen molar-refractivity contribution in [2.45, 2.75) is 38.3 Å². The van der Waals surface area contributed by atoms with Gasteiger partial charge in [-0.3, -0.25) is 4.79 Å². The molecule has 0 saturated heterocycles. The van der Waals surface area contributed by atoms with E-state index in [1.807, 2.05) is 37.3 Å². The van der Waals surface area contributed by atoms with Crippen molar-refractivity contribution in [1.82, 2.24) is 4.90 Å². The van der Waals surface area contributed by atoms with Crippen LogP contribution in [-0.2, 0) is 11.3 Å². The number of benzene rings is 2. The van der Waals surface area contributed by atoms with Gasteiger partial charge in [0.15, 0.2) is 11.5 Å². The molecule has 2 aromatic carbocycles. The van der Waals surface area contributed by atoms with Crippen LogP contribution in [0.3, 0.4) is 0 Å². The third kappa shape index (κ3) is 2.82. The summed E-state index contributed by atoms with van der Waals surface area (Å²) in [5.41, 5.74) is 9.44. The minimum Gasteiger partial charge on any atom is -0.504 e. The van der Waals surface area contributed by atoms with Crippen LogP contribution in [0.15, 0.2) is 36.4 Å². The molecule has 5 heteroatoms. The number of aryl methyl sites for hydroxylation is 1. The first-order valence-electron chi connectivity index (χ1n) is 9.11. The minimum atomic E-state index is -0.722. The number of nitrogens with zero attached hydrogens (tertiary/aromatic N) is 1. The first kappa shape index (κ1) is 16.9. The molecule has 1 aliphatic heterocycles. The number of phenols is 1. The number of carbonyl (C=O) groups is 1. The molecule has 0 aromatic heterocycles. The summed E-state index contributed by atoms with van der Waals surface area (Å²) in [6.07, 6.45) is 2.48. The van der Waals surface area contributed by atoms with Crippen molar-refractivity contribution in [2.75, 3.05) is 13.2 Å². The average Bonchev–Trinajstić information content (AvgIpc) is 2.82. The van der Waals surface area contributed by atoms with Crippen LogP contribution in [0.25, 0.3) is 11.1 Å². The molecule has 5 nitrogen and oxygen atoms in total. The van der Waals surface area contributed by atoms with Crippen LogP contribution >= 0.6 is 0 Å². The summed E-state index contributed by atoms with van der Waals surface area (Å²) in [4.78, 5) is 14.6. The van der Waals surface area contributed by atoms with Crippen molar-refractivity contribution >= 4 is 5.91 Å². The Bertz CT molecular complexity index is 858. The first-order valence-corrected chi connectivity index (χ1v) is 9.11. The fourth-order valence-corrected chi connectivity index (χ4v) is 3.81. The highest BCUT2D eigenvalue weighted by Crippen LogP contribution is 2.39. The van der Waals surface area contributed by atoms with Crippen molar-refractivity contribution in [1.29, 1.82) is 0 Å². The van der Waals surface area contributed by atoms with E-state index in [2.05, 4.69) is 0 Å². The molecule has 136 valence electrons. The Morgan fingerprint density at radius 1 is 1.27 bits per heavy atom. The Kier molecular flexibility index (Phi) is 4.11. The predicted octanol–water partition coefficient (Wildman–Crippen LogP) is 2.97. The van der Waals surface area contributed by atoms with Gasteiger partial charge in [0, 0.05) is 12.1 Å². The Morgan fingerprint density at radius 3 is 2.73 bits per heavy atom. The minimum absolute atomic E-state index is 0.0130. The molecule has 0 spiro atoms. The normalized spacial score (nSPS) is 18.3. The van der Waals surface area contributed by atoms with Crippen LogP contribution in [0.5, 0.6) is 11.5 Å². The second kappa shape index (κ2) is 6.32. The number of nitrogens with two attached hydrogens (primary N) is 1. The van der Waals surface area contributed by atoms with Gasteiger partial charge in [0.25, 0.3) is 0 Å². The van der Waals surface area contributed by atoms with Gasteiger partial charge in [-0.2, -0.15) is 0 Å². The summed E-state index contributed by atoms with van der Waals surface area (Å²) in [6, 6.07) is 11.8. The van der Waals surface area contributed by atoms with Crippen molar-refractivity contribution in [2.24, 2.45) is 5.73 Å². The third-order valence-corrected chi connectivity index (χ3v) is 5.53. The van der Waals surface area contributed by atoms with E-state index in [1.165, 1.54) is 0 Å². The third-order valence-electron chi connectivity index (χ3n) is 5.53. The van der Waals surface area contributed by atoms with E-state index < -0.39 is 5.54 Å². The van der Waals surface area contributed by atoms with Gasteiger partial charge in [0.05, 0.1) is 12.1 Å². The largest absolute Gasteiger partial charge is 0.504 e. The number of phenolic OH excluding ortho intramolecular Hbond substituents is 1. The van der Waals surface area contributed by atoms with E-state index in [9.17, 15) is 9.90 Å². The molecule has 0 atom stereocenters. The Morgan fingerprint density at radius 2 is 2.04 bits per heavy atom. The molecule has 0 radical (unpaired) electrons. The second-order valence-electron chi connectivity index (χ2n) is 7.38. The topological polar surface area (TPSA) is 75.8 Å². The fraction of sp³-hybridized carbons (Fsp3) is 0.381. The predicted molar refractivity (Wildman–Crippen MR) is 100.0 cm³/mol. The SMILES string of the molecule is Cc1ccccc1-c1cc(O)c2c(c1)CN(C(=O)C1(N)CCC1)CCO2. The molecule has 1 fully saturated rings. The van der Waals surface area contributed by atoms with Crippen LogP contribution in [0.2, 0.25) is 0 Å². The van der Waals surface area contributed by atoms with Gasteiger partial charge in [0.1, 0.15) is 6.61 Å². The van der Waals surface area contributed by atoms with Gasteiger partial charge in [-0.25, -0.2) is 0 Å². The quantitative estimate of drug-likeness (QED) is 0.871. The smallest absolute Gasteiger partial charge is 0.243 e. The summed E-state index contributed by atoms with van der Waals surface area (Å²) < 4.78 is 5.76. The van der Waals surface area contributed by atoms with E-state index in [1.54, 1.807) is 11.0 Å². The zero-order valence-electron chi connectivity index (χ0n) is 15.0. The van der Waals surface area contributed by atoms with Crippen LogP contribution in [-0.4, -0.2) is 34.6 Å². The Labute approximate surface area is 153 Å². The molecule has 1 heterocycles. The molecule has 1 saturated carbocycles. The van der Waals surface area contributed by atoms with Gasteiger partial charge in [-0.1, -0.05) is 24.3 Å². The Balaban J connectivity index is 1.70. The van der Waals surface area contributed by atoms with E-state index in [0.717, 1.165) is 41.5 Å². The lowest BCUT2D eigenvalue weighted by molar-refractivity contribution is -0.140. The maximum Gasteiger partial charge on any atom is 0.243 e. The van der Waals surface area contributed by atoms with E-state index in [4.69, 9.17) is 10.5 Å². The maximum atomic E-state index is 12.8. The zero-order valence-corrected chi connectivity index (χ0v) is 15.0. The molecule has 4 rings (SSSR count). The average molecular weight is 352 g/mol. The number of carbonyl (C=O) groups excluding carboxylic acids is 1. The number of fused-ring (bicyclic) bond motifs is 1. The van der Waals surface area contributed by atoms with Crippen LogP contribution in [0, 0.1) is 6.92 Å². The first-order chi connectivity index (χ1) is 12.5. The van der Waals surface area contributed by atoms with Crippen molar-refractivity contribution < 1.29 is 14.6 Å². The number of ether oxygens (including phenoxy) is 1. The molecule has 1 aliphatic carbocycles. The lowest BCUT2D eigenvalue weighted by Gasteiger charge is -2.40. The molecular formula is C21H24N2O3. The maximum absolute atomic E-state index is 12.8. The molecule has 2 aliphatic rings. The monoisotopic (exact) mass is 352 g/mol. The van der Waals surface area contributed by atoms with Gasteiger partial charge in [0.2, 0.25) is 5.91 Å². The fourth-order valence-electron chi connectivity index (χ4n) is 3.81. The standard InChI is InChI=1S/C21H24N2O3/c1-14-5-2-3-6-17(14)15-11-16-13-23(20(25)21(22)7-4-8-21)9-10-26-19(16)18(24)12-15/h2-3,5-6,11-12,24H,4,7-10,13,22H2,1H3. The second-order valence-corrected chi connectivity index (χ2v) is 7.38. The van der Waals surface area contributed by atoms with Crippen molar-refractivity contribution in [3.63, 3.8) is 0 Å². The van der Waals surface area contributed by atoms with Crippen molar-refractivity contribution in [3.8, 4) is 22.6 Å². The highest BCUT2D eigenvalue weighted by atomic mass is 16.5. The molecule has 2 aromatic rings. The summed E-state index contributed by atoms with van der Waals surface area (Å²) in [6.45, 7) is 3.28. The summed E-state index contributed by atoms with van der Waals surface area (Å²) >= 11 is 0. The van der Waals surface area contributed by atoms with E-state index in [0.29, 0.717) is 25.4 Å². The molecular weight excluding hydrogens is 328 g/mol. The summed E-state index contributed by atoms with van der Waals surface area (Å²) in [5, 5.41) is 10.5. The Hall–Kier alpha value is -2.53. The van der Waals surface area contributed by atoms with Crippen LogP contribution in [0.1, 0.15) is 30.4 Å². The summed E-state index contributed by atoms with van der Waals surface area (Å²) in [5.74, 6) is 0.569. The number of amides is 1. The molecule has 26 heavy (non-hydrogen) atoms. The molecule has 1 amide bonds.